The highest BCUT2D eigenvalue weighted by atomic mass is 32.1. The average Bonchev–Trinajstić information content (AvgIpc) is 2.73. The van der Waals surface area contributed by atoms with Gasteiger partial charge in [-0.2, -0.15) is 0 Å². The molecule has 7 heteroatoms. The average molecular weight is 336 g/mol. The van der Waals surface area contributed by atoms with Gasteiger partial charge in [-0.1, -0.05) is 25.7 Å². The van der Waals surface area contributed by atoms with Gasteiger partial charge in [-0.15, -0.1) is 11.3 Å². The number of anilines is 1. The highest BCUT2D eigenvalue weighted by molar-refractivity contribution is 7.16. The Morgan fingerprint density at radius 1 is 1.17 bits per heavy atom. The van der Waals surface area contributed by atoms with Gasteiger partial charge in [0.2, 0.25) is 0 Å². The number of rotatable bonds is 2. The fourth-order valence-corrected chi connectivity index (χ4v) is 4.29. The molecule has 1 aliphatic heterocycles. The lowest BCUT2D eigenvalue weighted by Crippen LogP contribution is -2.41. The van der Waals surface area contributed by atoms with Crippen LogP contribution in [-0.4, -0.2) is 41.3 Å². The molecule has 0 aromatic carbocycles. The Kier molecular flexibility index (Phi) is 5.27. The first kappa shape index (κ1) is 16.4. The molecular formula is C16H24N4O2S. The van der Waals surface area contributed by atoms with E-state index in [1.165, 1.54) is 29.1 Å². The number of amides is 2. The Labute approximate surface area is 140 Å². The lowest BCUT2D eigenvalue weighted by atomic mass is 10.1. The van der Waals surface area contributed by atoms with E-state index in [-0.39, 0.29) is 6.04 Å². The molecular weight excluding hydrogens is 312 g/mol. The van der Waals surface area contributed by atoms with Crippen LogP contribution in [0.4, 0.5) is 5.13 Å². The van der Waals surface area contributed by atoms with Crippen molar-refractivity contribution in [3.8, 4) is 0 Å². The van der Waals surface area contributed by atoms with Crippen molar-refractivity contribution >= 4 is 28.3 Å². The predicted octanol–water partition coefficient (Wildman–Crippen LogP) is 1.91. The number of hydrogen-bond donors (Lipinski definition) is 2. The largest absolute Gasteiger partial charge is 0.345 e. The fourth-order valence-electron chi connectivity index (χ4n) is 3.21. The zero-order valence-corrected chi connectivity index (χ0v) is 14.4. The van der Waals surface area contributed by atoms with Crippen LogP contribution < -0.4 is 10.6 Å². The highest BCUT2D eigenvalue weighted by Crippen LogP contribution is 2.27. The number of thiazole rings is 1. The minimum atomic E-state index is -0.603. The maximum absolute atomic E-state index is 12.1. The van der Waals surface area contributed by atoms with Gasteiger partial charge >= 0.3 is 11.8 Å². The smallest absolute Gasteiger partial charge is 0.315 e. The van der Waals surface area contributed by atoms with E-state index in [0.717, 1.165) is 50.9 Å². The van der Waals surface area contributed by atoms with Crippen molar-refractivity contribution in [2.24, 2.45) is 0 Å². The van der Waals surface area contributed by atoms with Crippen LogP contribution in [0.1, 0.15) is 49.1 Å². The van der Waals surface area contributed by atoms with Crippen LogP contribution in [-0.2, 0) is 22.6 Å². The van der Waals surface area contributed by atoms with Crippen molar-refractivity contribution in [1.29, 1.82) is 0 Å². The summed E-state index contributed by atoms with van der Waals surface area (Å²) in [7, 11) is 2.07. The molecule has 3 rings (SSSR count). The molecule has 1 saturated carbocycles. The number of carbonyl (C=O) groups excluding carboxylic acids is 2. The second kappa shape index (κ2) is 7.40. The highest BCUT2D eigenvalue weighted by Gasteiger charge is 2.23. The van der Waals surface area contributed by atoms with Crippen LogP contribution in [0.3, 0.4) is 0 Å². The van der Waals surface area contributed by atoms with Gasteiger partial charge in [0.1, 0.15) is 0 Å². The molecule has 0 bridgehead atoms. The minimum Gasteiger partial charge on any atom is -0.345 e. The molecule has 2 heterocycles. The third-order valence-electron chi connectivity index (χ3n) is 4.54. The van der Waals surface area contributed by atoms with E-state index in [0.29, 0.717) is 5.13 Å². The molecule has 2 aliphatic rings. The molecule has 0 unspecified atom stereocenters. The number of likely N-dealkylation sites (N-methyl/N-ethyl adjacent to an activating group) is 1. The minimum absolute atomic E-state index is 0.133. The van der Waals surface area contributed by atoms with E-state index in [1.807, 2.05) is 0 Å². The van der Waals surface area contributed by atoms with Gasteiger partial charge in [0.15, 0.2) is 5.13 Å². The molecule has 0 spiro atoms. The summed E-state index contributed by atoms with van der Waals surface area (Å²) in [5.41, 5.74) is 1.05. The number of fused-ring (bicyclic) bond motifs is 1. The van der Waals surface area contributed by atoms with Crippen molar-refractivity contribution in [2.45, 2.75) is 57.5 Å². The molecule has 23 heavy (non-hydrogen) atoms. The molecule has 0 saturated heterocycles. The quantitative estimate of drug-likeness (QED) is 0.639. The Hall–Kier alpha value is -1.47. The predicted molar refractivity (Wildman–Crippen MR) is 90.4 cm³/mol. The fraction of sp³-hybridized carbons (Fsp3) is 0.688. The van der Waals surface area contributed by atoms with Crippen molar-refractivity contribution in [3.63, 3.8) is 0 Å². The van der Waals surface area contributed by atoms with Crippen LogP contribution >= 0.6 is 11.3 Å². The van der Waals surface area contributed by atoms with Gasteiger partial charge in [0, 0.05) is 30.4 Å². The third kappa shape index (κ3) is 4.29. The summed E-state index contributed by atoms with van der Waals surface area (Å²) >= 11 is 1.47. The molecule has 126 valence electrons. The molecule has 2 N–H and O–H groups in total. The topological polar surface area (TPSA) is 74.3 Å². The standard InChI is InChI=1S/C16H24N4O2S/c1-20-9-8-12-13(10-20)23-16(18-12)19-15(22)14(21)17-11-6-4-2-3-5-7-11/h11H,2-10H2,1H3,(H,17,21)(H,18,19,22). The summed E-state index contributed by atoms with van der Waals surface area (Å²) in [6, 6.07) is 0.133. The van der Waals surface area contributed by atoms with Gasteiger partial charge < -0.3 is 10.2 Å². The Morgan fingerprint density at radius 2 is 1.91 bits per heavy atom. The lowest BCUT2D eigenvalue weighted by molar-refractivity contribution is -0.136. The van der Waals surface area contributed by atoms with E-state index < -0.39 is 11.8 Å². The van der Waals surface area contributed by atoms with Gasteiger partial charge in [-0.25, -0.2) is 4.98 Å². The molecule has 0 atom stereocenters. The van der Waals surface area contributed by atoms with E-state index in [9.17, 15) is 9.59 Å². The van der Waals surface area contributed by atoms with Crippen molar-refractivity contribution in [3.05, 3.63) is 10.6 Å². The summed E-state index contributed by atoms with van der Waals surface area (Å²) in [5.74, 6) is -1.14. The second-order valence-electron chi connectivity index (χ2n) is 6.49. The summed E-state index contributed by atoms with van der Waals surface area (Å²) in [5, 5.41) is 6.06. The van der Waals surface area contributed by atoms with Crippen molar-refractivity contribution in [1.82, 2.24) is 15.2 Å². The third-order valence-corrected chi connectivity index (χ3v) is 5.54. The summed E-state index contributed by atoms with van der Waals surface area (Å²) in [4.78, 5) is 32.0. The Balaban J connectivity index is 1.55. The number of hydrogen-bond acceptors (Lipinski definition) is 5. The first-order valence-electron chi connectivity index (χ1n) is 8.41. The number of nitrogens with one attached hydrogen (secondary N) is 2. The summed E-state index contributed by atoms with van der Waals surface area (Å²) in [6.07, 6.45) is 7.52. The second-order valence-corrected chi connectivity index (χ2v) is 7.58. The van der Waals surface area contributed by atoms with E-state index in [1.54, 1.807) is 0 Å². The zero-order chi connectivity index (χ0) is 16.2. The number of carbonyl (C=O) groups is 2. The Morgan fingerprint density at radius 3 is 2.65 bits per heavy atom. The molecule has 1 aliphatic carbocycles. The zero-order valence-electron chi connectivity index (χ0n) is 13.6. The van der Waals surface area contributed by atoms with Crippen LogP contribution in [0.15, 0.2) is 0 Å². The number of nitrogens with zero attached hydrogens (tertiary/aromatic N) is 2. The lowest BCUT2D eigenvalue weighted by Gasteiger charge is -2.20. The first-order valence-corrected chi connectivity index (χ1v) is 9.22. The number of aromatic nitrogens is 1. The monoisotopic (exact) mass is 336 g/mol. The maximum atomic E-state index is 12.1. The van der Waals surface area contributed by atoms with Crippen LogP contribution in [0.25, 0.3) is 0 Å². The van der Waals surface area contributed by atoms with Crippen LogP contribution in [0, 0.1) is 0 Å². The molecule has 1 fully saturated rings. The normalized spacial score (nSPS) is 19.7. The maximum Gasteiger partial charge on any atom is 0.315 e. The van der Waals surface area contributed by atoms with Gasteiger partial charge in [-0.3, -0.25) is 14.9 Å². The summed E-state index contributed by atoms with van der Waals surface area (Å²) in [6.45, 7) is 1.84. The SMILES string of the molecule is CN1CCc2nc(NC(=O)C(=O)NC3CCCCCC3)sc2C1. The van der Waals surface area contributed by atoms with Gasteiger partial charge in [0.05, 0.1) is 5.69 Å². The van der Waals surface area contributed by atoms with Gasteiger partial charge in [0.25, 0.3) is 0 Å². The van der Waals surface area contributed by atoms with E-state index in [4.69, 9.17) is 0 Å². The van der Waals surface area contributed by atoms with Gasteiger partial charge in [-0.05, 0) is 19.9 Å². The molecule has 2 amide bonds. The molecule has 6 nitrogen and oxygen atoms in total. The molecule has 0 radical (unpaired) electrons. The van der Waals surface area contributed by atoms with Crippen molar-refractivity contribution < 1.29 is 9.59 Å². The molecule has 1 aromatic rings. The van der Waals surface area contributed by atoms with Crippen LogP contribution in [0.2, 0.25) is 0 Å². The Bertz CT molecular complexity index is 579. The summed E-state index contributed by atoms with van der Waals surface area (Å²) < 4.78 is 0. The van der Waals surface area contributed by atoms with Crippen molar-refractivity contribution in [2.75, 3.05) is 18.9 Å². The van der Waals surface area contributed by atoms with E-state index >= 15 is 0 Å². The van der Waals surface area contributed by atoms with E-state index in [2.05, 4.69) is 27.6 Å². The van der Waals surface area contributed by atoms with Crippen LogP contribution in [0.5, 0.6) is 0 Å². The molecule has 1 aromatic heterocycles. The first-order chi connectivity index (χ1) is 11.1.